The number of likely N-dealkylation sites (tertiary alicyclic amines) is 1. The van der Waals surface area contributed by atoms with E-state index < -0.39 is 10.4 Å². The monoisotopic (exact) mass is 738 g/mol. The molecule has 5 rings (SSSR count). The van der Waals surface area contributed by atoms with E-state index in [1.807, 2.05) is 41.3 Å². The average Bonchev–Trinajstić information content (AvgIpc) is 3.67. The van der Waals surface area contributed by atoms with Crippen LogP contribution in [0.4, 0.5) is 11.4 Å². The molecule has 1 aromatic carbocycles. The highest BCUT2D eigenvalue weighted by Crippen LogP contribution is 2.21. The Hall–Kier alpha value is -5.33. The van der Waals surface area contributed by atoms with Crippen molar-refractivity contribution >= 4 is 51.6 Å². The molecule has 0 atom stereocenters. The lowest BCUT2D eigenvalue weighted by atomic mass is 10.1. The number of aromatic nitrogens is 3. The maximum absolute atomic E-state index is 13.2. The molecule has 3 amide bonds. The van der Waals surface area contributed by atoms with Crippen molar-refractivity contribution in [3.8, 4) is 5.75 Å². The van der Waals surface area contributed by atoms with E-state index in [0.29, 0.717) is 60.3 Å². The number of aryl methyl sites for hydroxylation is 2. The first kappa shape index (κ1) is 39.5. The minimum atomic E-state index is -4.67. The quantitative estimate of drug-likeness (QED) is 0.121. The van der Waals surface area contributed by atoms with E-state index in [1.54, 1.807) is 74.1 Å². The first-order chi connectivity index (χ1) is 24.7. The van der Waals surface area contributed by atoms with Gasteiger partial charge in [-0.05, 0) is 60.9 Å². The van der Waals surface area contributed by atoms with E-state index in [-0.39, 0.29) is 23.8 Å². The standard InChI is InChI=1S/C35H40N6O6.H2O4S/c1-39-22-27(37-33(42)25-8-10-26(36-21-25)9-5-24-6-11-29(46-4)12-7-24)19-31(39)34(43)38-28-20-32(40(2)23-28)35(44)41-15-13-30(14-16-41)47-18-17-45-3;1-5(2,3)4/h5-12,19-23,30H,13-18H2,1-4H3,(H,37,42)(H,38,43);(H2,1,2,3,4)/b9-5+;. The number of hydrogen-bond acceptors (Lipinski definition) is 9. The van der Waals surface area contributed by atoms with Gasteiger partial charge >= 0.3 is 10.4 Å². The highest BCUT2D eigenvalue weighted by Gasteiger charge is 2.26. The molecule has 278 valence electrons. The molecule has 1 fully saturated rings. The molecule has 0 aliphatic carbocycles. The van der Waals surface area contributed by atoms with Gasteiger partial charge in [-0.1, -0.05) is 18.2 Å². The van der Waals surface area contributed by atoms with Crippen LogP contribution < -0.4 is 15.4 Å². The summed E-state index contributed by atoms with van der Waals surface area (Å²) in [5.41, 5.74) is 3.86. The van der Waals surface area contributed by atoms with Gasteiger partial charge in [-0.25, -0.2) is 0 Å². The van der Waals surface area contributed by atoms with Gasteiger partial charge < -0.3 is 38.9 Å². The third-order valence-corrected chi connectivity index (χ3v) is 7.96. The molecule has 16 nitrogen and oxygen atoms in total. The molecule has 3 aromatic heterocycles. The number of nitrogens with zero attached hydrogens (tertiary/aromatic N) is 4. The predicted octanol–water partition coefficient (Wildman–Crippen LogP) is 4.06. The Balaban J connectivity index is 0.00000113. The topological polar surface area (TPSA) is 204 Å². The van der Waals surface area contributed by atoms with Crippen LogP contribution in [0.5, 0.6) is 5.75 Å². The van der Waals surface area contributed by atoms with Gasteiger partial charge in [0, 0.05) is 52.9 Å². The van der Waals surface area contributed by atoms with Crippen LogP contribution in [0, 0.1) is 0 Å². The molecule has 0 saturated carbocycles. The molecule has 1 saturated heterocycles. The highest BCUT2D eigenvalue weighted by molar-refractivity contribution is 7.79. The molecule has 1 aliphatic rings. The normalized spacial score (nSPS) is 13.4. The second-order valence-corrected chi connectivity index (χ2v) is 12.6. The zero-order chi connectivity index (χ0) is 37.8. The van der Waals surface area contributed by atoms with Crippen molar-refractivity contribution in [3.05, 3.63) is 95.3 Å². The van der Waals surface area contributed by atoms with Crippen LogP contribution in [0.1, 0.15) is 55.4 Å². The lowest BCUT2D eigenvalue weighted by Crippen LogP contribution is -2.41. The summed E-state index contributed by atoms with van der Waals surface area (Å²) in [4.78, 5) is 45.5. The number of piperidine rings is 1. The molecule has 4 N–H and O–H groups in total. The van der Waals surface area contributed by atoms with E-state index in [0.717, 1.165) is 24.2 Å². The Morgan fingerprint density at radius 1 is 0.865 bits per heavy atom. The Morgan fingerprint density at radius 2 is 1.46 bits per heavy atom. The molecule has 4 aromatic rings. The van der Waals surface area contributed by atoms with E-state index in [2.05, 4.69) is 15.6 Å². The van der Waals surface area contributed by atoms with Crippen molar-refractivity contribution in [2.24, 2.45) is 14.1 Å². The molecule has 0 bridgehead atoms. The maximum atomic E-state index is 13.2. The fraction of sp³-hybridized carbons (Fsp3) is 0.314. The molecule has 17 heteroatoms. The van der Waals surface area contributed by atoms with Gasteiger partial charge in [0.1, 0.15) is 17.1 Å². The number of methoxy groups -OCH3 is 2. The fourth-order valence-corrected chi connectivity index (χ4v) is 5.32. The molecule has 0 unspecified atom stereocenters. The third kappa shape index (κ3) is 11.9. The highest BCUT2D eigenvalue weighted by atomic mass is 32.3. The summed E-state index contributed by atoms with van der Waals surface area (Å²) in [5.74, 6) is -0.0327. The number of rotatable bonds is 12. The Labute approximate surface area is 301 Å². The summed E-state index contributed by atoms with van der Waals surface area (Å²) >= 11 is 0. The second-order valence-electron chi connectivity index (χ2n) is 11.7. The Morgan fingerprint density at radius 3 is 2.04 bits per heavy atom. The van der Waals surface area contributed by atoms with Crippen LogP contribution >= 0.6 is 0 Å². The van der Waals surface area contributed by atoms with Crippen LogP contribution in [0.3, 0.4) is 0 Å². The fourth-order valence-electron chi connectivity index (χ4n) is 5.32. The number of carbonyl (C=O) groups is 3. The Kier molecular flexibility index (Phi) is 13.8. The number of benzene rings is 1. The third-order valence-electron chi connectivity index (χ3n) is 7.96. The lowest BCUT2D eigenvalue weighted by Gasteiger charge is -2.32. The zero-order valence-corrected chi connectivity index (χ0v) is 30.0. The molecule has 1 aliphatic heterocycles. The van der Waals surface area contributed by atoms with E-state index in [9.17, 15) is 14.4 Å². The summed E-state index contributed by atoms with van der Waals surface area (Å²) in [7, 11) is 2.10. The minimum absolute atomic E-state index is 0.0945. The van der Waals surface area contributed by atoms with Gasteiger partial charge in [0.05, 0.1) is 49.1 Å². The van der Waals surface area contributed by atoms with Crippen molar-refractivity contribution in [1.29, 1.82) is 0 Å². The van der Waals surface area contributed by atoms with Gasteiger partial charge in [0.15, 0.2) is 0 Å². The van der Waals surface area contributed by atoms with E-state index in [1.165, 1.54) is 6.20 Å². The van der Waals surface area contributed by atoms with Gasteiger partial charge in [0.2, 0.25) is 0 Å². The smallest absolute Gasteiger partial charge is 0.394 e. The number of hydrogen-bond donors (Lipinski definition) is 4. The number of nitrogens with one attached hydrogen (secondary N) is 2. The number of anilines is 2. The number of amides is 3. The molecule has 0 spiro atoms. The summed E-state index contributed by atoms with van der Waals surface area (Å²) in [6.07, 6.45) is 10.3. The van der Waals surface area contributed by atoms with Crippen LogP contribution in [0.2, 0.25) is 0 Å². The van der Waals surface area contributed by atoms with Crippen molar-refractivity contribution in [3.63, 3.8) is 0 Å². The first-order valence-corrected chi connectivity index (χ1v) is 17.5. The van der Waals surface area contributed by atoms with Crippen LogP contribution in [0.15, 0.2) is 67.1 Å². The molecule has 0 radical (unpaired) electrons. The van der Waals surface area contributed by atoms with Crippen LogP contribution in [-0.2, 0) is 34.0 Å². The number of carbonyl (C=O) groups excluding carboxylic acids is 3. The maximum Gasteiger partial charge on any atom is 0.394 e. The van der Waals surface area contributed by atoms with Gasteiger partial charge in [-0.15, -0.1) is 0 Å². The predicted molar refractivity (Wildman–Crippen MR) is 194 cm³/mol. The second kappa shape index (κ2) is 18.2. The summed E-state index contributed by atoms with van der Waals surface area (Å²) in [5, 5.41) is 5.70. The minimum Gasteiger partial charge on any atom is -0.497 e. The van der Waals surface area contributed by atoms with Crippen molar-refractivity contribution < 1.29 is 46.1 Å². The Bertz CT molecular complexity index is 1960. The molecular formula is C35H42N6O10S. The van der Waals surface area contributed by atoms with Gasteiger partial charge in [-0.2, -0.15) is 8.42 Å². The summed E-state index contributed by atoms with van der Waals surface area (Å²) in [6.45, 7) is 2.29. The van der Waals surface area contributed by atoms with Crippen LogP contribution in [-0.4, -0.2) is 101 Å². The zero-order valence-electron chi connectivity index (χ0n) is 29.2. The summed E-state index contributed by atoms with van der Waals surface area (Å²) < 4.78 is 51.0. The number of pyridine rings is 1. The van der Waals surface area contributed by atoms with Crippen molar-refractivity contribution in [2.45, 2.75) is 18.9 Å². The van der Waals surface area contributed by atoms with E-state index in [4.69, 9.17) is 31.7 Å². The molecule has 52 heavy (non-hydrogen) atoms. The number of ether oxygens (including phenoxy) is 3. The molecule has 4 heterocycles. The van der Waals surface area contributed by atoms with E-state index >= 15 is 0 Å². The first-order valence-electron chi connectivity index (χ1n) is 16.1. The van der Waals surface area contributed by atoms with Crippen molar-refractivity contribution in [2.75, 3.05) is 51.2 Å². The molecular weight excluding hydrogens is 696 g/mol. The lowest BCUT2D eigenvalue weighted by molar-refractivity contribution is -0.0124. The van der Waals surface area contributed by atoms with Gasteiger partial charge in [0.25, 0.3) is 17.7 Å². The van der Waals surface area contributed by atoms with Gasteiger partial charge in [-0.3, -0.25) is 28.5 Å². The largest absolute Gasteiger partial charge is 0.497 e. The SMILES string of the molecule is COCCOC1CCN(C(=O)c2cc(NC(=O)c3cc(NC(=O)c4ccc(/C=C/c5ccc(OC)cc5)nc4)cn3C)cn2C)CC1.O=S(=O)(O)O. The van der Waals surface area contributed by atoms with Crippen molar-refractivity contribution in [1.82, 2.24) is 19.0 Å². The average molecular weight is 739 g/mol. The van der Waals surface area contributed by atoms with Crippen LogP contribution in [0.25, 0.3) is 12.2 Å². The summed E-state index contributed by atoms with van der Waals surface area (Å²) in [6, 6.07) is 14.4.